The van der Waals surface area contributed by atoms with Gasteiger partial charge in [-0.25, -0.2) is 15.0 Å². The normalized spacial score (nSPS) is 14.6. The van der Waals surface area contributed by atoms with E-state index in [2.05, 4.69) is 73.7 Å². The first-order valence-electron chi connectivity index (χ1n) is 27.0. The standard InChI is InChI=1S/C58H76N14O7/c1-10-47-56(75)71(7)50-37-61-58(66-54(50)72(47)40-16-11-12-17-40)64-44-22-21-39(34-51(44)76-8)55(74)59-25-30-78-32-33-79-31-29-68(4)26-15-20-53(73)62-45-35-46(52(77-9)36-49(45)69(5)28-27-67(2)3)65-57-60-24-23-43(63-57)42-38-70(6)48-19-14-13-18-41(42)48/h13-15,18-24,34-38,40,47H,10-12,16-17,25-33H2,1-9H3,(H,59,74)(H,62,73)(H,60,63,65)(H,61,64,66)/b20-15+/t47-/m1/s1. The van der Waals surface area contributed by atoms with E-state index in [1.54, 1.807) is 56.8 Å². The van der Waals surface area contributed by atoms with Crippen LogP contribution < -0.4 is 45.4 Å². The zero-order valence-electron chi connectivity index (χ0n) is 47.0. The molecule has 79 heavy (non-hydrogen) atoms. The van der Waals surface area contributed by atoms with E-state index in [-0.39, 0.29) is 29.8 Å². The number of aryl methyl sites for hydroxylation is 1. The summed E-state index contributed by atoms with van der Waals surface area (Å²) in [6.45, 7) is 6.55. The maximum atomic E-state index is 13.5. The maximum absolute atomic E-state index is 13.5. The molecule has 4 N–H and O–H groups in total. The number of fused-ring (bicyclic) bond motifs is 2. The van der Waals surface area contributed by atoms with Crippen LogP contribution in [0.3, 0.4) is 0 Å². The van der Waals surface area contributed by atoms with Gasteiger partial charge in [0.25, 0.3) is 5.91 Å². The maximum Gasteiger partial charge on any atom is 0.251 e. The number of carbonyl (C=O) groups excluding carboxylic acids is 3. The number of anilines is 8. The second-order valence-electron chi connectivity index (χ2n) is 20.1. The Morgan fingerprint density at radius 3 is 2.30 bits per heavy atom. The van der Waals surface area contributed by atoms with Crippen LogP contribution in [0, 0.1) is 0 Å². The van der Waals surface area contributed by atoms with Gasteiger partial charge in [-0.3, -0.25) is 14.4 Å². The molecule has 0 radical (unpaired) electrons. The molecule has 420 valence electrons. The van der Waals surface area contributed by atoms with E-state index < -0.39 is 0 Å². The van der Waals surface area contributed by atoms with Crippen LogP contribution in [0.5, 0.6) is 11.5 Å². The molecule has 0 spiro atoms. The molecule has 8 rings (SSSR count). The SMILES string of the molecule is CC[C@@H]1C(=O)N(C)c2cnc(Nc3ccc(C(=O)NCCOCCOCCN(C)C/C=C/C(=O)Nc4cc(Nc5nccc(-c6cn(C)c7ccccc67)n5)c(OC)cc4N(C)CCN(C)C)cc3OC)nc2N1C1CCCC1. The second kappa shape index (κ2) is 27.2. The summed E-state index contributed by atoms with van der Waals surface area (Å²) in [5.74, 6) is 2.03. The number of amides is 3. The molecule has 0 unspecified atom stereocenters. The van der Waals surface area contributed by atoms with Gasteiger partial charge < -0.3 is 69.3 Å². The van der Waals surface area contributed by atoms with Crippen LogP contribution in [-0.2, 0) is 26.1 Å². The molecule has 3 aromatic carbocycles. The van der Waals surface area contributed by atoms with Crippen LogP contribution in [0.4, 0.5) is 46.2 Å². The van der Waals surface area contributed by atoms with Crippen LogP contribution in [0.1, 0.15) is 49.4 Å². The first-order chi connectivity index (χ1) is 38.3. The van der Waals surface area contributed by atoms with Crippen molar-refractivity contribution in [3.63, 3.8) is 0 Å². The molecule has 2 aliphatic rings. The lowest BCUT2D eigenvalue weighted by atomic mass is 10.0. The topological polar surface area (TPSA) is 209 Å². The minimum atomic E-state index is -0.279. The van der Waals surface area contributed by atoms with Crippen LogP contribution >= 0.6 is 0 Å². The summed E-state index contributed by atoms with van der Waals surface area (Å²) in [7, 11) is 14.9. The van der Waals surface area contributed by atoms with Crippen LogP contribution in [-0.4, -0.2) is 173 Å². The zero-order chi connectivity index (χ0) is 56.0. The van der Waals surface area contributed by atoms with Gasteiger partial charge in [0.15, 0.2) is 5.82 Å². The van der Waals surface area contributed by atoms with Gasteiger partial charge in [0.05, 0.1) is 75.3 Å². The van der Waals surface area contributed by atoms with Gasteiger partial charge in [-0.2, -0.15) is 4.98 Å². The number of rotatable bonds is 27. The van der Waals surface area contributed by atoms with Gasteiger partial charge in [0, 0.05) is 106 Å². The first kappa shape index (κ1) is 57.3. The van der Waals surface area contributed by atoms with Crippen molar-refractivity contribution in [1.29, 1.82) is 0 Å². The largest absolute Gasteiger partial charge is 0.495 e. The highest BCUT2D eigenvalue weighted by atomic mass is 16.5. The molecule has 0 bridgehead atoms. The summed E-state index contributed by atoms with van der Waals surface area (Å²) in [6, 6.07) is 19.0. The molecule has 1 fully saturated rings. The molecule has 0 saturated heterocycles. The number of methoxy groups -OCH3 is 2. The summed E-state index contributed by atoms with van der Waals surface area (Å²) in [6.07, 6.45) is 13.8. The highest BCUT2D eigenvalue weighted by molar-refractivity contribution is 6.05. The third kappa shape index (κ3) is 14.3. The molecule has 21 nitrogen and oxygen atoms in total. The summed E-state index contributed by atoms with van der Waals surface area (Å²) >= 11 is 0. The molecule has 1 aliphatic carbocycles. The quantitative estimate of drug-likeness (QED) is 0.0294. The number of hydrogen-bond donors (Lipinski definition) is 4. The molecule has 3 aromatic heterocycles. The van der Waals surface area contributed by atoms with Gasteiger partial charge >= 0.3 is 0 Å². The Morgan fingerprint density at radius 2 is 1.54 bits per heavy atom. The van der Waals surface area contributed by atoms with E-state index in [9.17, 15) is 14.4 Å². The molecule has 1 saturated carbocycles. The molecule has 6 aromatic rings. The van der Waals surface area contributed by atoms with Crippen molar-refractivity contribution in [2.45, 2.75) is 51.1 Å². The minimum absolute atomic E-state index is 0.0585. The molecule has 21 heteroatoms. The van der Waals surface area contributed by atoms with E-state index in [1.807, 2.05) is 78.6 Å². The number of aromatic nitrogens is 5. The van der Waals surface area contributed by atoms with Crippen LogP contribution in [0.2, 0.25) is 0 Å². The monoisotopic (exact) mass is 1080 g/mol. The van der Waals surface area contributed by atoms with Gasteiger partial charge in [-0.15, -0.1) is 0 Å². The Morgan fingerprint density at radius 1 is 0.810 bits per heavy atom. The fraction of sp³-hybridized carbons (Fsp3) is 0.431. The second-order valence-corrected chi connectivity index (χ2v) is 20.1. The van der Waals surface area contributed by atoms with Gasteiger partial charge in [-0.1, -0.05) is 44.0 Å². The molecule has 1 aliphatic heterocycles. The van der Waals surface area contributed by atoms with E-state index in [4.69, 9.17) is 28.9 Å². The minimum Gasteiger partial charge on any atom is -0.495 e. The van der Waals surface area contributed by atoms with Crippen LogP contribution in [0.15, 0.2) is 91.4 Å². The summed E-state index contributed by atoms with van der Waals surface area (Å²) in [5, 5.41) is 13.7. The lowest BCUT2D eigenvalue weighted by molar-refractivity contribution is -0.120. The molecule has 4 heterocycles. The average Bonchev–Trinajstić information content (AvgIpc) is 4.33. The van der Waals surface area contributed by atoms with Crippen molar-refractivity contribution in [3.05, 3.63) is 97.0 Å². The van der Waals surface area contributed by atoms with Crippen LogP contribution in [0.25, 0.3) is 22.2 Å². The molecular formula is C58H76N14O7. The fourth-order valence-electron chi connectivity index (χ4n) is 9.94. The van der Waals surface area contributed by atoms with Gasteiger partial charge in [0.2, 0.25) is 23.7 Å². The van der Waals surface area contributed by atoms with Gasteiger partial charge in [-0.05, 0) is 76.8 Å². The highest BCUT2D eigenvalue weighted by Gasteiger charge is 2.41. The Hall–Kier alpha value is -7.85. The highest BCUT2D eigenvalue weighted by Crippen LogP contribution is 2.41. The van der Waals surface area contributed by atoms with Gasteiger partial charge in [0.1, 0.15) is 23.2 Å². The van der Waals surface area contributed by atoms with Crippen molar-refractivity contribution in [1.82, 2.24) is 39.6 Å². The number of carbonyl (C=O) groups is 3. The molecule has 1 atom stereocenters. The van der Waals surface area contributed by atoms with Crippen molar-refractivity contribution in [3.8, 4) is 22.8 Å². The lowest BCUT2D eigenvalue weighted by Gasteiger charge is -2.43. The van der Waals surface area contributed by atoms with Crippen molar-refractivity contribution in [2.75, 3.05) is 139 Å². The zero-order valence-corrected chi connectivity index (χ0v) is 47.0. The first-order valence-corrected chi connectivity index (χ1v) is 27.0. The average molecular weight is 1080 g/mol. The Kier molecular flexibility index (Phi) is 19.7. The Balaban J connectivity index is 0.763. The number of para-hydroxylation sites is 1. The van der Waals surface area contributed by atoms with E-state index in [0.29, 0.717) is 111 Å². The van der Waals surface area contributed by atoms with Crippen molar-refractivity contribution in [2.24, 2.45) is 7.05 Å². The fourth-order valence-corrected chi connectivity index (χ4v) is 9.94. The summed E-state index contributed by atoms with van der Waals surface area (Å²) in [5.41, 5.74) is 6.57. The predicted molar refractivity (Wildman–Crippen MR) is 312 cm³/mol. The molecule has 3 amide bonds. The third-order valence-electron chi connectivity index (χ3n) is 14.3. The van der Waals surface area contributed by atoms with E-state index in [0.717, 1.165) is 65.9 Å². The van der Waals surface area contributed by atoms with Crippen molar-refractivity contribution < 1.29 is 33.3 Å². The number of nitrogens with zero attached hydrogens (tertiary/aromatic N) is 10. The van der Waals surface area contributed by atoms with Crippen molar-refractivity contribution >= 4 is 74.8 Å². The number of benzene rings is 3. The Labute approximate surface area is 463 Å². The molecular weight excluding hydrogens is 1000 g/mol. The third-order valence-corrected chi connectivity index (χ3v) is 14.3. The number of likely N-dealkylation sites (N-methyl/N-ethyl adjacent to an activating group) is 4. The predicted octanol–water partition coefficient (Wildman–Crippen LogP) is 7.32. The number of ether oxygens (including phenoxy) is 4. The Bertz CT molecular complexity index is 3090. The number of hydrogen-bond acceptors (Lipinski definition) is 17. The lowest BCUT2D eigenvalue weighted by Crippen LogP contribution is -2.55. The summed E-state index contributed by atoms with van der Waals surface area (Å²) < 4.78 is 25.2. The number of nitrogens with one attached hydrogen (secondary N) is 4. The summed E-state index contributed by atoms with van der Waals surface area (Å²) in [4.78, 5) is 68.9. The van der Waals surface area contributed by atoms with E-state index in [1.165, 1.54) is 6.08 Å². The van der Waals surface area contributed by atoms with E-state index >= 15 is 0 Å². The smallest absolute Gasteiger partial charge is 0.251 e.